The number of ketones is 1. The maximum atomic E-state index is 13.1. The van der Waals surface area contributed by atoms with Crippen molar-refractivity contribution in [1.82, 2.24) is 10.2 Å². The molecule has 1 fully saturated rings. The van der Waals surface area contributed by atoms with Gasteiger partial charge in [-0.2, -0.15) is 0 Å². The molecule has 182 valence electrons. The molecule has 1 N–H and O–H groups in total. The van der Waals surface area contributed by atoms with Crippen molar-refractivity contribution in [2.75, 3.05) is 13.8 Å². The highest BCUT2D eigenvalue weighted by Crippen LogP contribution is 2.42. The standard InChI is InChI=1S/C24H33ClN2O6/c1-15(2)20(26-21(29)16(3)4)22(30)32-14-33-23(31)27(5)24(13-9-8-12-19(24)28)17-10-6-7-11-18(17)25/h6-7,10-11,15-16,20H,8-9,12-14H2,1-5H3,(H,26,29)/t20-,24-/m0/s1. The number of halogens is 1. The first kappa shape index (κ1) is 26.6. The molecule has 1 aromatic rings. The molecule has 0 aromatic heterocycles. The van der Waals surface area contributed by atoms with E-state index in [0.29, 0.717) is 23.4 Å². The van der Waals surface area contributed by atoms with E-state index in [1.54, 1.807) is 52.0 Å². The molecule has 2 amide bonds. The van der Waals surface area contributed by atoms with Crippen molar-refractivity contribution < 1.29 is 28.7 Å². The Hall–Kier alpha value is -2.61. The average Bonchev–Trinajstić information content (AvgIpc) is 2.77. The van der Waals surface area contributed by atoms with Gasteiger partial charge in [0.1, 0.15) is 11.6 Å². The number of ether oxygens (including phenoxy) is 2. The zero-order chi connectivity index (χ0) is 24.8. The van der Waals surface area contributed by atoms with Crippen LogP contribution in [0.5, 0.6) is 0 Å². The van der Waals surface area contributed by atoms with Crippen molar-refractivity contribution in [2.24, 2.45) is 11.8 Å². The number of nitrogens with zero attached hydrogens (tertiary/aromatic N) is 1. The number of Topliss-reactive ketones (excluding diaryl/α,β-unsaturated/α-hetero) is 1. The van der Waals surface area contributed by atoms with E-state index >= 15 is 0 Å². The number of hydrogen-bond donors (Lipinski definition) is 1. The van der Waals surface area contributed by atoms with Gasteiger partial charge in [0, 0.05) is 30.0 Å². The van der Waals surface area contributed by atoms with Crippen molar-refractivity contribution in [2.45, 2.75) is 65.0 Å². The molecule has 0 aliphatic heterocycles. The molecule has 2 rings (SSSR count). The van der Waals surface area contributed by atoms with Crippen LogP contribution in [0.25, 0.3) is 0 Å². The summed E-state index contributed by atoms with van der Waals surface area (Å²) in [6.45, 7) is 6.34. The van der Waals surface area contributed by atoms with Gasteiger partial charge in [-0.15, -0.1) is 0 Å². The summed E-state index contributed by atoms with van der Waals surface area (Å²) in [6.07, 6.45) is 1.41. The predicted molar refractivity (Wildman–Crippen MR) is 123 cm³/mol. The molecule has 1 aromatic carbocycles. The number of benzene rings is 1. The van der Waals surface area contributed by atoms with Crippen LogP contribution in [0, 0.1) is 11.8 Å². The van der Waals surface area contributed by atoms with Gasteiger partial charge in [0.05, 0.1) is 0 Å². The summed E-state index contributed by atoms with van der Waals surface area (Å²) >= 11 is 6.40. The molecule has 0 bridgehead atoms. The highest BCUT2D eigenvalue weighted by molar-refractivity contribution is 6.31. The van der Waals surface area contributed by atoms with Crippen LogP contribution < -0.4 is 5.32 Å². The number of rotatable bonds is 8. The van der Waals surface area contributed by atoms with E-state index in [2.05, 4.69) is 5.32 Å². The van der Waals surface area contributed by atoms with Crippen LogP contribution in [0.1, 0.15) is 58.9 Å². The van der Waals surface area contributed by atoms with Crippen LogP contribution in [-0.2, 0) is 29.4 Å². The quantitative estimate of drug-likeness (QED) is 0.445. The molecular weight excluding hydrogens is 448 g/mol. The van der Waals surface area contributed by atoms with Crippen molar-refractivity contribution in [1.29, 1.82) is 0 Å². The second-order valence-electron chi connectivity index (χ2n) is 8.91. The summed E-state index contributed by atoms with van der Waals surface area (Å²) < 4.78 is 10.3. The topological polar surface area (TPSA) is 102 Å². The lowest BCUT2D eigenvalue weighted by atomic mass is 9.74. The lowest BCUT2D eigenvalue weighted by molar-refractivity contribution is -0.158. The van der Waals surface area contributed by atoms with Gasteiger partial charge in [-0.05, 0) is 31.2 Å². The summed E-state index contributed by atoms with van der Waals surface area (Å²) in [5.41, 5.74) is -0.701. The summed E-state index contributed by atoms with van der Waals surface area (Å²) in [6, 6.07) is 6.07. The van der Waals surface area contributed by atoms with E-state index in [1.165, 1.54) is 11.9 Å². The molecule has 0 spiro atoms. The van der Waals surface area contributed by atoms with Crippen LogP contribution >= 0.6 is 11.6 Å². The van der Waals surface area contributed by atoms with Gasteiger partial charge in [-0.1, -0.05) is 57.5 Å². The van der Waals surface area contributed by atoms with Gasteiger partial charge in [0.25, 0.3) is 0 Å². The van der Waals surface area contributed by atoms with E-state index in [9.17, 15) is 19.2 Å². The molecule has 0 saturated heterocycles. The molecule has 1 aliphatic carbocycles. The molecule has 33 heavy (non-hydrogen) atoms. The van der Waals surface area contributed by atoms with Gasteiger partial charge in [0.15, 0.2) is 5.78 Å². The third-order valence-corrected chi connectivity index (χ3v) is 6.28. The molecule has 0 heterocycles. The smallest absolute Gasteiger partial charge is 0.413 e. The molecule has 1 aliphatic rings. The van der Waals surface area contributed by atoms with Crippen LogP contribution in [0.4, 0.5) is 4.79 Å². The van der Waals surface area contributed by atoms with Crippen molar-refractivity contribution >= 4 is 35.4 Å². The second-order valence-corrected chi connectivity index (χ2v) is 9.31. The van der Waals surface area contributed by atoms with Gasteiger partial charge in [-0.25, -0.2) is 9.59 Å². The minimum Gasteiger partial charge on any atom is -0.426 e. The van der Waals surface area contributed by atoms with Gasteiger partial charge < -0.3 is 14.8 Å². The molecule has 1 saturated carbocycles. The first-order chi connectivity index (χ1) is 15.5. The van der Waals surface area contributed by atoms with E-state index in [-0.39, 0.29) is 23.5 Å². The Balaban J connectivity index is 2.10. The van der Waals surface area contributed by atoms with E-state index in [1.807, 2.05) is 0 Å². The summed E-state index contributed by atoms with van der Waals surface area (Å²) in [7, 11) is 1.48. The Morgan fingerprint density at radius 1 is 1.12 bits per heavy atom. The van der Waals surface area contributed by atoms with Crippen molar-refractivity contribution in [3.63, 3.8) is 0 Å². The number of esters is 1. The minimum absolute atomic E-state index is 0.116. The molecule has 0 radical (unpaired) electrons. The SMILES string of the molecule is CC(C)C(=O)N[C@H](C(=O)OCOC(=O)N(C)[C@]1(c2ccccc2Cl)CCCCC1=O)C(C)C. The maximum Gasteiger partial charge on any atom is 0.413 e. The van der Waals surface area contributed by atoms with Crippen molar-refractivity contribution in [3.8, 4) is 0 Å². The van der Waals surface area contributed by atoms with E-state index < -0.39 is 30.4 Å². The van der Waals surface area contributed by atoms with E-state index in [0.717, 1.165) is 12.8 Å². The fourth-order valence-corrected chi connectivity index (χ4v) is 4.22. The van der Waals surface area contributed by atoms with Crippen LogP contribution in [0.15, 0.2) is 24.3 Å². The second kappa shape index (κ2) is 11.5. The molecular formula is C24H33ClN2O6. The van der Waals surface area contributed by atoms with E-state index in [4.69, 9.17) is 21.1 Å². The molecule has 2 atom stereocenters. The Morgan fingerprint density at radius 2 is 1.79 bits per heavy atom. The van der Waals surface area contributed by atoms with Crippen LogP contribution in [0.2, 0.25) is 5.02 Å². The largest absolute Gasteiger partial charge is 0.426 e. The lowest BCUT2D eigenvalue weighted by Gasteiger charge is -2.43. The Labute approximate surface area is 199 Å². The van der Waals surface area contributed by atoms with Crippen LogP contribution in [0.3, 0.4) is 0 Å². The number of amides is 2. The summed E-state index contributed by atoms with van der Waals surface area (Å²) in [5.74, 6) is -1.61. The third kappa shape index (κ3) is 6.05. The van der Waals surface area contributed by atoms with Crippen molar-refractivity contribution in [3.05, 3.63) is 34.9 Å². The average molecular weight is 481 g/mol. The predicted octanol–water partition coefficient (Wildman–Crippen LogP) is 4.04. The minimum atomic E-state index is -1.25. The molecule has 9 heteroatoms. The number of nitrogens with one attached hydrogen (secondary N) is 1. The highest BCUT2D eigenvalue weighted by atomic mass is 35.5. The third-order valence-electron chi connectivity index (χ3n) is 5.95. The summed E-state index contributed by atoms with van der Waals surface area (Å²) in [5, 5.41) is 3.03. The first-order valence-corrected chi connectivity index (χ1v) is 11.6. The Morgan fingerprint density at radius 3 is 2.36 bits per heavy atom. The fourth-order valence-electron chi connectivity index (χ4n) is 3.93. The Kier molecular flexibility index (Phi) is 9.28. The van der Waals surface area contributed by atoms with Crippen LogP contribution in [-0.4, -0.2) is 48.5 Å². The van der Waals surface area contributed by atoms with Gasteiger partial charge in [0.2, 0.25) is 12.7 Å². The summed E-state index contributed by atoms with van der Waals surface area (Å²) in [4.78, 5) is 51.6. The van der Waals surface area contributed by atoms with Gasteiger partial charge in [-0.3, -0.25) is 14.5 Å². The fraction of sp³-hybridized carbons (Fsp3) is 0.583. The lowest BCUT2D eigenvalue weighted by Crippen LogP contribution is -2.54. The first-order valence-electron chi connectivity index (χ1n) is 11.2. The zero-order valence-corrected chi connectivity index (χ0v) is 20.6. The Bertz CT molecular complexity index is 887. The number of hydrogen-bond acceptors (Lipinski definition) is 6. The maximum absolute atomic E-state index is 13.1. The number of carbonyl (C=O) groups is 4. The van der Waals surface area contributed by atoms with Gasteiger partial charge >= 0.3 is 12.1 Å². The zero-order valence-electron chi connectivity index (χ0n) is 19.9. The molecule has 8 nitrogen and oxygen atoms in total. The number of carbonyl (C=O) groups excluding carboxylic acids is 4. The normalized spacial score (nSPS) is 19.2. The molecule has 0 unspecified atom stereocenters. The number of likely N-dealkylation sites (N-methyl/N-ethyl adjacent to an activating group) is 1. The highest BCUT2D eigenvalue weighted by Gasteiger charge is 2.48. The monoisotopic (exact) mass is 480 g/mol.